The summed E-state index contributed by atoms with van der Waals surface area (Å²) in [4.78, 5) is 11.0. The van der Waals surface area contributed by atoms with Gasteiger partial charge in [-0.1, -0.05) is 27.7 Å². The fraction of sp³-hybridized carbons (Fsp3) is 0.500. The van der Waals surface area contributed by atoms with Crippen molar-refractivity contribution in [3.05, 3.63) is 47.3 Å². The Labute approximate surface area is 143 Å². The van der Waals surface area contributed by atoms with Gasteiger partial charge in [0.05, 0.1) is 16.9 Å². The largest absolute Gasteiger partial charge is 0.478 e. The van der Waals surface area contributed by atoms with Crippen molar-refractivity contribution in [2.45, 2.75) is 47.0 Å². The van der Waals surface area contributed by atoms with Crippen molar-refractivity contribution in [2.24, 2.45) is 17.3 Å². The maximum absolute atomic E-state index is 11.0. The quantitative estimate of drug-likeness (QED) is 0.908. The van der Waals surface area contributed by atoms with Crippen molar-refractivity contribution in [3.63, 3.8) is 0 Å². The van der Waals surface area contributed by atoms with Gasteiger partial charge in [0.2, 0.25) is 0 Å². The zero-order valence-electron chi connectivity index (χ0n) is 14.9. The predicted octanol–water partition coefficient (Wildman–Crippen LogP) is 4.36. The monoisotopic (exact) mass is 326 g/mol. The Morgan fingerprint density at radius 2 is 1.79 bits per heavy atom. The molecule has 0 amide bonds. The van der Waals surface area contributed by atoms with Crippen LogP contribution in [0.2, 0.25) is 0 Å². The van der Waals surface area contributed by atoms with Crippen LogP contribution in [0, 0.1) is 17.3 Å². The van der Waals surface area contributed by atoms with Crippen molar-refractivity contribution in [1.29, 1.82) is 0 Å². The number of benzene rings is 1. The summed E-state index contributed by atoms with van der Waals surface area (Å²) in [6.07, 6.45) is 5.41. The normalized spacial score (nSPS) is 16.4. The minimum Gasteiger partial charge on any atom is -0.478 e. The van der Waals surface area contributed by atoms with Crippen molar-refractivity contribution in [1.82, 2.24) is 9.78 Å². The lowest BCUT2D eigenvalue weighted by Gasteiger charge is -2.44. The summed E-state index contributed by atoms with van der Waals surface area (Å²) in [5.41, 5.74) is 4.08. The highest BCUT2D eigenvalue weighted by Crippen LogP contribution is 2.46. The summed E-state index contributed by atoms with van der Waals surface area (Å²) >= 11 is 0. The van der Waals surface area contributed by atoms with Gasteiger partial charge in [-0.25, -0.2) is 9.48 Å². The average Bonchev–Trinajstić information content (AvgIpc) is 2.97. The highest BCUT2D eigenvalue weighted by molar-refractivity contribution is 5.87. The first kappa shape index (κ1) is 16.7. The summed E-state index contributed by atoms with van der Waals surface area (Å²) in [6.45, 7) is 9.33. The zero-order chi connectivity index (χ0) is 17.5. The topological polar surface area (TPSA) is 55.1 Å². The molecule has 4 nitrogen and oxygen atoms in total. The van der Waals surface area contributed by atoms with E-state index in [1.165, 1.54) is 17.7 Å². The summed E-state index contributed by atoms with van der Waals surface area (Å²) in [5.74, 6) is 0.382. The highest BCUT2D eigenvalue weighted by atomic mass is 16.4. The van der Waals surface area contributed by atoms with Gasteiger partial charge in [-0.05, 0) is 66.3 Å². The number of carbonyl (C=O) groups is 1. The molecule has 1 aliphatic rings. The minimum atomic E-state index is -0.903. The molecule has 1 aromatic carbocycles. The molecule has 0 saturated carbocycles. The Morgan fingerprint density at radius 3 is 2.33 bits per heavy atom. The third-order valence-electron chi connectivity index (χ3n) is 5.90. The molecule has 1 aliphatic carbocycles. The lowest BCUT2D eigenvalue weighted by Crippen LogP contribution is -2.38. The zero-order valence-corrected chi connectivity index (χ0v) is 14.9. The molecule has 0 spiro atoms. The Morgan fingerprint density at radius 1 is 1.17 bits per heavy atom. The van der Waals surface area contributed by atoms with Crippen LogP contribution in [0.15, 0.2) is 30.5 Å². The third-order valence-corrected chi connectivity index (χ3v) is 5.90. The van der Waals surface area contributed by atoms with Gasteiger partial charge < -0.3 is 5.11 Å². The molecule has 0 unspecified atom stereocenters. The molecule has 4 heteroatoms. The highest BCUT2D eigenvalue weighted by Gasteiger charge is 2.40. The molecule has 1 aromatic heterocycles. The number of fused-ring (bicyclic) bond motifs is 1. The molecular weight excluding hydrogens is 300 g/mol. The molecule has 24 heavy (non-hydrogen) atoms. The molecule has 0 bridgehead atoms. The van der Waals surface area contributed by atoms with E-state index in [4.69, 9.17) is 10.2 Å². The van der Waals surface area contributed by atoms with Crippen LogP contribution in [-0.2, 0) is 12.8 Å². The van der Waals surface area contributed by atoms with E-state index in [0.29, 0.717) is 22.8 Å². The molecule has 1 N–H and O–H groups in total. The Kier molecular flexibility index (Phi) is 4.24. The van der Waals surface area contributed by atoms with Gasteiger partial charge in [0.1, 0.15) is 0 Å². The van der Waals surface area contributed by atoms with Crippen LogP contribution in [0.3, 0.4) is 0 Å². The van der Waals surface area contributed by atoms with Crippen LogP contribution in [0.1, 0.15) is 55.7 Å². The van der Waals surface area contributed by atoms with Gasteiger partial charge in [-0.15, -0.1) is 0 Å². The van der Waals surface area contributed by atoms with E-state index >= 15 is 0 Å². The number of aromatic nitrogens is 2. The van der Waals surface area contributed by atoms with Crippen LogP contribution in [0.25, 0.3) is 5.69 Å². The van der Waals surface area contributed by atoms with Gasteiger partial charge in [0.15, 0.2) is 0 Å². The van der Waals surface area contributed by atoms with Crippen molar-refractivity contribution in [2.75, 3.05) is 0 Å². The number of nitrogens with zero attached hydrogens (tertiary/aromatic N) is 2. The standard InChI is InChI=1S/C20H26N2O2/c1-13(2)20(14(3)4)10-9-18-16(11-20)12-22(21-18)17-7-5-15(6-8-17)19(23)24/h5-8,12-14H,9-11H2,1-4H3,(H,23,24). The maximum atomic E-state index is 11.0. The second-order valence-electron chi connectivity index (χ2n) is 7.62. The van der Waals surface area contributed by atoms with Gasteiger partial charge in [-0.2, -0.15) is 5.10 Å². The number of aromatic carboxylic acids is 1. The second kappa shape index (κ2) is 6.08. The van der Waals surface area contributed by atoms with E-state index in [1.807, 2.05) is 16.8 Å². The van der Waals surface area contributed by atoms with Crippen LogP contribution < -0.4 is 0 Å². The van der Waals surface area contributed by atoms with Gasteiger partial charge in [0, 0.05) is 6.20 Å². The number of hydrogen-bond acceptors (Lipinski definition) is 2. The number of carboxylic acid groups (broad SMARTS) is 1. The fourth-order valence-electron chi connectivity index (χ4n) is 4.14. The molecule has 0 radical (unpaired) electrons. The van der Waals surface area contributed by atoms with E-state index in [9.17, 15) is 4.79 Å². The lowest BCUT2D eigenvalue weighted by molar-refractivity contribution is 0.0697. The lowest BCUT2D eigenvalue weighted by atomic mass is 9.60. The summed E-state index contributed by atoms with van der Waals surface area (Å²) in [7, 11) is 0. The molecule has 128 valence electrons. The molecular formula is C20H26N2O2. The Bertz CT molecular complexity index is 733. The Balaban J connectivity index is 1.91. The van der Waals surface area contributed by atoms with Gasteiger partial charge in [-0.3, -0.25) is 0 Å². The van der Waals surface area contributed by atoms with Crippen molar-refractivity contribution < 1.29 is 9.90 Å². The molecule has 2 aromatic rings. The van der Waals surface area contributed by atoms with E-state index in [2.05, 4.69) is 33.9 Å². The number of rotatable bonds is 4. The van der Waals surface area contributed by atoms with Crippen molar-refractivity contribution in [3.8, 4) is 5.69 Å². The van der Waals surface area contributed by atoms with Gasteiger partial charge >= 0.3 is 5.97 Å². The number of hydrogen-bond donors (Lipinski definition) is 1. The fourth-order valence-corrected chi connectivity index (χ4v) is 4.14. The van der Waals surface area contributed by atoms with Crippen LogP contribution >= 0.6 is 0 Å². The van der Waals surface area contributed by atoms with Crippen molar-refractivity contribution >= 4 is 5.97 Å². The summed E-state index contributed by atoms with van der Waals surface area (Å²) < 4.78 is 1.90. The Hall–Kier alpha value is -2.10. The number of aryl methyl sites for hydroxylation is 1. The number of carboxylic acids is 1. The predicted molar refractivity (Wildman–Crippen MR) is 94.7 cm³/mol. The summed E-state index contributed by atoms with van der Waals surface area (Å²) in [5, 5.41) is 13.8. The molecule has 1 heterocycles. The van der Waals surface area contributed by atoms with Crippen LogP contribution in [0.4, 0.5) is 0 Å². The SMILES string of the molecule is CC(C)C1(C(C)C)CCc2nn(-c3ccc(C(=O)O)cc3)cc2C1. The van der Waals surface area contributed by atoms with E-state index < -0.39 is 5.97 Å². The maximum Gasteiger partial charge on any atom is 0.335 e. The van der Waals surface area contributed by atoms with Crippen LogP contribution in [0.5, 0.6) is 0 Å². The average molecular weight is 326 g/mol. The minimum absolute atomic E-state index is 0.300. The third kappa shape index (κ3) is 2.74. The van der Waals surface area contributed by atoms with Crippen LogP contribution in [-0.4, -0.2) is 20.9 Å². The molecule has 0 atom stereocenters. The molecule has 0 saturated heterocycles. The van der Waals surface area contributed by atoms with Gasteiger partial charge in [0.25, 0.3) is 0 Å². The van der Waals surface area contributed by atoms with E-state index in [-0.39, 0.29) is 0 Å². The smallest absolute Gasteiger partial charge is 0.335 e. The van der Waals surface area contributed by atoms with E-state index in [0.717, 1.165) is 18.5 Å². The molecule has 0 aliphatic heterocycles. The first-order valence-electron chi connectivity index (χ1n) is 8.74. The first-order chi connectivity index (χ1) is 11.3. The molecule has 0 fully saturated rings. The van der Waals surface area contributed by atoms with E-state index in [1.54, 1.807) is 12.1 Å². The summed E-state index contributed by atoms with van der Waals surface area (Å²) in [6, 6.07) is 6.90. The molecule has 3 rings (SSSR count). The first-order valence-corrected chi connectivity index (χ1v) is 8.74. The second-order valence-corrected chi connectivity index (χ2v) is 7.62.